The van der Waals surface area contributed by atoms with Gasteiger partial charge >= 0.3 is 0 Å². The van der Waals surface area contributed by atoms with Crippen LogP contribution in [0.25, 0.3) is 0 Å². The first kappa shape index (κ1) is 14.4. The summed E-state index contributed by atoms with van der Waals surface area (Å²) in [6, 6.07) is 5.98. The minimum atomic E-state index is -0.670. The largest absolute Gasteiger partial charge is 0.493 e. The summed E-state index contributed by atoms with van der Waals surface area (Å²) in [5, 5.41) is 12.7. The number of ether oxygens (including phenoxy) is 2. The maximum Gasteiger partial charge on any atom is 0.126 e. The number of aliphatic hydroxyl groups excluding tert-OH is 1. The van der Waals surface area contributed by atoms with E-state index in [2.05, 4.69) is 6.92 Å². The molecule has 0 saturated heterocycles. The van der Waals surface area contributed by atoms with E-state index in [1.165, 1.54) is 0 Å². The van der Waals surface area contributed by atoms with Crippen molar-refractivity contribution in [3.63, 3.8) is 0 Å². The van der Waals surface area contributed by atoms with E-state index in [9.17, 15) is 5.11 Å². The highest BCUT2D eigenvalue weighted by atomic mass is 32.1. The Kier molecular flexibility index (Phi) is 3.91. The fourth-order valence-corrected chi connectivity index (χ4v) is 3.68. The minimum absolute atomic E-state index is 0.186. The molecule has 3 rings (SSSR count). The van der Waals surface area contributed by atoms with Crippen LogP contribution in [0.5, 0.6) is 11.5 Å². The average molecular weight is 304 g/mol. The molecule has 0 bridgehead atoms. The second-order valence-corrected chi connectivity index (χ2v) is 6.38. The number of hydrogen-bond acceptors (Lipinski definition) is 4. The summed E-state index contributed by atoms with van der Waals surface area (Å²) in [4.78, 5) is 0.960. The molecule has 4 heteroatoms. The van der Waals surface area contributed by atoms with E-state index in [4.69, 9.17) is 9.47 Å². The molecular formula is C17H20O3S. The SMILES string of the molecule is CCOc1cc2c(cc1C(O)c1sccc1C)OC(C)C2. The van der Waals surface area contributed by atoms with Gasteiger partial charge in [0.15, 0.2) is 0 Å². The van der Waals surface area contributed by atoms with Crippen molar-refractivity contribution in [1.82, 2.24) is 0 Å². The van der Waals surface area contributed by atoms with Gasteiger partial charge in [-0.15, -0.1) is 11.3 Å². The van der Waals surface area contributed by atoms with Crippen LogP contribution in [0, 0.1) is 6.92 Å². The van der Waals surface area contributed by atoms with E-state index >= 15 is 0 Å². The molecule has 0 spiro atoms. The van der Waals surface area contributed by atoms with Crippen molar-refractivity contribution < 1.29 is 14.6 Å². The van der Waals surface area contributed by atoms with E-state index in [0.717, 1.165) is 39.5 Å². The Bertz CT molecular complexity index is 647. The number of aliphatic hydroxyl groups is 1. The molecular weight excluding hydrogens is 284 g/mol. The second kappa shape index (κ2) is 5.70. The Morgan fingerprint density at radius 1 is 1.48 bits per heavy atom. The fraction of sp³-hybridized carbons (Fsp3) is 0.412. The van der Waals surface area contributed by atoms with Gasteiger partial charge in [0.25, 0.3) is 0 Å². The molecule has 21 heavy (non-hydrogen) atoms. The summed E-state index contributed by atoms with van der Waals surface area (Å²) in [5.74, 6) is 1.63. The fourth-order valence-electron chi connectivity index (χ4n) is 2.76. The zero-order chi connectivity index (χ0) is 15.0. The average Bonchev–Trinajstić information content (AvgIpc) is 3.02. The Morgan fingerprint density at radius 3 is 2.95 bits per heavy atom. The van der Waals surface area contributed by atoms with Crippen molar-refractivity contribution in [2.75, 3.05) is 6.61 Å². The predicted molar refractivity (Wildman–Crippen MR) is 84.5 cm³/mol. The third-order valence-corrected chi connectivity index (χ3v) is 4.84. The van der Waals surface area contributed by atoms with E-state index in [1.807, 2.05) is 37.4 Å². The molecule has 112 valence electrons. The summed E-state index contributed by atoms with van der Waals surface area (Å²) in [5.41, 5.74) is 3.05. The predicted octanol–water partition coefficient (Wildman–Crippen LogP) is 3.86. The summed E-state index contributed by atoms with van der Waals surface area (Å²) in [6.45, 7) is 6.61. The number of thiophene rings is 1. The number of aryl methyl sites for hydroxylation is 1. The van der Waals surface area contributed by atoms with Gasteiger partial charge in [-0.25, -0.2) is 0 Å². The highest BCUT2D eigenvalue weighted by molar-refractivity contribution is 7.10. The van der Waals surface area contributed by atoms with Crippen molar-refractivity contribution in [1.29, 1.82) is 0 Å². The van der Waals surface area contributed by atoms with Crippen LogP contribution in [0.1, 0.15) is 41.5 Å². The molecule has 1 aliphatic heterocycles. The Balaban J connectivity index is 2.04. The zero-order valence-electron chi connectivity index (χ0n) is 12.6. The van der Waals surface area contributed by atoms with Gasteiger partial charge in [0, 0.05) is 22.4 Å². The molecule has 2 atom stereocenters. The van der Waals surface area contributed by atoms with Gasteiger partial charge in [0.1, 0.15) is 23.7 Å². The normalized spacial score (nSPS) is 18.2. The Hall–Kier alpha value is -1.52. The summed E-state index contributed by atoms with van der Waals surface area (Å²) in [6.07, 6.45) is 0.408. The monoisotopic (exact) mass is 304 g/mol. The molecule has 1 aromatic carbocycles. The second-order valence-electron chi connectivity index (χ2n) is 5.43. The molecule has 2 unspecified atom stereocenters. The summed E-state index contributed by atoms with van der Waals surface area (Å²) in [7, 11) is 0. The lowest BCUT2D eigenvalue weighted by Crippen LogP contribution is -2.05. The molecule has 1 N–H and O–H groups in total. The van der Waals surface area contributed by atoms with E-state index in [-0.39, 0.29) is 6.10 Å². The summed E-state index contributed by atoms with van der Waals surface area (Å²) < 4.78 is 11.6. The third-order valence-electron chi connectivity index (χ3n) is 3.77. The molecule has 0 amide bonds. The van der Waals surface area contributed by atoms with Gasteiger partial charge < -0.3 is 14.6 Å². The van der Waals surface area contributed by atoms with E-state index < -0.39 is 6.10 Å². The van der Waals surface area contributed by atoms with Crippen LogP contribution in [-0.4, -0.2) is 17.8 Å². The quantitative estimate of drug-likeness (QED) is 0.932. The Morgan fingerprint density at radius 2 is 2.29 bits per heavy atom. The van der Waals surface area contributed by atoms with Crippen LogP contribution in [-0.2, 0) is 6.42 Å². The van der Waals surface area contributed by atoms with Gasteiger partial charge in [0.05, 0.1) is 6.61 Å². The lowest BCUT2D eigenvalue weighted by Gasteiger charge is -2.17. The zero-order valence-corrected chi connectivity index (χ0v) is 13.4. The van der Waals surface area contributed by atoms with Crippen LogP contribution in [0.3, 0.4) is 0 Å². The number of fused-ring (bicyclic) bond motifs is 1. The maximum atomic E-state index is 10.7. The molecule has 0 radical (unpaired) electrons. The van der Waals surface area contributed by atoms with Gasteiger partial charge in [0.2, 0.25) is 0 Å². The number of benzene rings is 1. The minimum Gasteiger partial charge on any atom is -0.493 e. The highest BCUT2D eigenvalue weighted by Crippen LogP contribution is 2.41. The molecule has 1 aliphatic rings. The van der Waals surface area contributed by atoms with Crippen LogP contribution < -0.4 is 9.47 Å². The van der Waals surface area contributed by atoms with E-state index in [1.54, 1.807) is 11.3 Å². The van der Waals surface area contributed by atoms with Crippen molar-refractivity contribution in [3.8, 4) is 11.5 Å². The molecule has 2 aromatic rings. The number of rotatable bonds is 4. The van der Waals surface area contributed by atoms with Crippen molar-refractivity contribution >= 4 is 11.3 Å². The van der Waals surface area contributed by atoms with Gasteiger partial charge in [-0.05, 0) is 49.9 Å². The maximum absolute atomic E-state index is 10.7. The first-order valence-electron chi connectivity index (χ1n) is 7.28. The molecule has 0 aliphatic carbocycles. The van der Waals surface area contributed by atoms with Crippen molar-refractivity contribution in [2.24, 2.45) is 0 Å². The van der Waals surface area contributed by atoms with Crippen LogP contribution in [0.15, 0.2) is 23.6 Å². The van der Waals surface area contributed by atoms with E-state index in [0.29, 0.717) is 6.61 Å². The smallest absolute Gasteiger partial charge is 0.126 e. The molecule has 2 heterocycles. The van der Waals surface area contributed by atoms with Crippen molar-refractivity contribution in [3.05, 3.63) is 45.1 Å². The lowest BCUT2D eigenvalue weighted by atomic mass is 10.0. The molecule has 1 aromatic heterocycles. The van der Waals surface area contributed by atoms with Gasteiger partial charge in [-0.3, -0.25) is 0 Å². The van der Waals surface area contributed by atoms with Crippen LogP contribution >= 0.6 is 11.3 Å². The third kappa shape index (κ3) is 2.65. The Labute approximate surface area is 129 Å². The van der Waals surface area contributed by atoms with Gasteiger partial charge in [-0.2, -0.15) is 0 Å². The highest BCUT2D eigenvalue weighted by Gasteiger charge is 2.26. The van der Waals surface area contributed by atoms with Crippen LogP contribution in [0.4, 0.5) is 0 Å². The summed E-state index contributed by atoms with van der Waals surface area (Å²) >= 11 is 1.57. The number of hydrogen-bond donors (Lipinski definition) is 1. The first-order valence-corrected chi connectivity index (χ1v) is 8.16. The van der Waals surface area contributed by atoms with Crippen molar-refractivity contribution in [2.45, 2.75) is 39.4 Å². The standard InChI is InChI=1S/C17H20O3S/c1-4-19-15-8-12-7-11(3)20-14(12)9-13(15)16(18)17-10(2)5-6-21-17/h5-6,8-9,11,16,18H,4,7H2,1-3H3. The molecule has 0 fully saturated rings. The first-order chi connectivity index (χ1) is 10.1. The topological polar surface area (TPSA) is 38.7 Å². The molecule has 0 saturated carbocycles. The molecule has 3 nitrogen and oxygen atoms in total. The van der Waals surface area contributed by atoms with Crippen LogP contribution in [0.2, 0.25) is 0 Å². The van der Waals surface area contributed by atoms with Gasteiger partial charge in [-0.1, -0.05) is 0 Å². The lowest BCUT2D eigenvalue weighted by molar-refractivity contribution is 0.213.